The summed E-state index contributed by atoms with van der Waals surface area (Å²) in [6, 6.07) is 9.59. The van der Waals surface area contributed by atoms with Crippen LogP contribution in [0.15, 0.2) is 36.9 Å². The van der Waals surface area contributed by atoms with Crippen LogP contribution in [0.25, 0.3) is 0 Å². The van der Waals surface area contributed by atoms with E-state index in [1.165, 1.54) is 0 Å². The molecule has 0 spiro atoms. The van der Waals surface area contributed by atoms with Crippen molar-refractivity contribution in [2.24, 2.45) is 0 Å². The van der Waals surface area contributed by atoms with Gasteiger partial charge in [-0.2, -0.15) is 5.26 Å². The van der Waals surface area contributed by atoms with Crippen LogP contribution < -0.4 is 4.74 Å². The maximum atomic E-state index is 8.44. The third-order valence-corrected chi connectivity index (χ3v) is 1.57. The van der Waals surface area contributed by atoms with Gasteiger partial charge in [-0.25, -0.2) is 0 Å². The molecule has 1 aromatic rings. The van der Waals surface area contributed by atoms with Crippen LogP contribution in [0.2, 0.25) is 0 Å². The fourth-order valence-corrected chi connectivity index (χ4v) is 0.950. The lowest BCUT2D eigenvalue weighted by Gasteiger charge is -2.02. The van der Waals surface area contributed by atoms with Gasteiger partial charge in [0.15, 0.2) is 0 Å². The molecule has 13 heavy (non-hydrogen) atoms. The van der Waals surface area contributed by atoms with Gasteiger partial charge < -0.3 is 4.74 Å². The Labute approximate surface area is 78.1 Å². The molecule has 0 amide bonds. The second-order valence-electron chi connectivity index (χ2n) is 2.58. The summed E-state index contributed by atoms with van der Waals surface area (Å²) in [6.07, 6.45) is 2.14. The Bertz CT molecular complexity index is 308. The zero-order valence-electron chi connectivity index (χ0n) is 7.36. The zero-order valence-corrected chi connectivity index (χ0v) is 7.36. The summed E-state index contributed by atoms with van der Waals surface area (Å²) in [5.41, 5.74) is 1.01. The van der Waals surface area contributed by atoms with Gasteiger partial charge in [-0.15, -0.1) is 0 Å². The van der Waals surface area contributed by atoms with E-state index < -0.39 is 0 Å². The summed E-state index contributed by atoms with van der Waals surface area (Å²) >= 11 is 0. The number of hydrogen-bond acceptors (Lipinski definition) is 2. The minimum Gasteiger partial charge on any atom is -0.490 e. The number of benzene rings is 1. The Morgan fingerprint density at radius 1 is 1.38 bits per heavy atom. The highest BCUT2D eigenvalue weighted by atomic mass is 16.5. The van der Waals surface area contributed by atoms with E-state index in [1.54, 1.807) is 6.08 Å². The van der Waals surface area contributed by atoms with E-state index in [9.17, 15) is 0 Å². The molecule has 66 valence electrons. The second kappa shape index (κ2) is 5.00. The molecule has 0 aliphatic rings. The molecule has 0 atom stereocenters. The zero-order chi connectivity index (χ0) is 9.52. The van der Waals surface area contributed by atoms with E-state index in [1.807, 2.05) is 24.3 Å². The number of nitriles is 1. The summed E-state index contributed by atoms with van der Waals surface area (Å²) in [6.45, 7) is 4.07. The molecule has 0 aliphatic carbocycles. The quantitative estimate of drug-likeness (QED) is 0.654. The van der Waals surface area contributed by atoms with E-state index in [4.69, 9.17) is 10.00 Å². The maximum absolute atomic E-state index is 8.44. The Hall–Kier alpha value is -1.75. The highest BCUT2D eigenvalue weighted by molar-refractivity contribution is 5.28. The molecule has 0 fully saturated rings. The monoisotopic (exact) mass is 173 g/mol. The first-order valence-corrected chi connectivity index (χ1v) is 4.06. The molecule has 0 aliphatic heterocycles. The molecule has 0 bridgehead atoms. The predicted molar refractivity (Wildman–Crippen MR) is 51.5 cm³/mol. The lowest BCUT2D eigenvalue weighted by atomic mass is 10.2. The fourth-order valence-electron chi connectivity index (χ4n) is 0.950. The van der Waals surface area contributed by atoms with Crippen LogP contribution in [0.3, 0.4) is 0 Å². The first-order valence-electron chi connectivity index (χ1n) is 4.06. The molecule has 0 heterocycles. The Kier molecular flexibility index (Phi) is 3.59. The van der Waals surface area contributed by atoms with Crippen molar-refractivity contribution >= 4 is 0 Å². The van der Waals surface area contributed by atoms with Crippen molar-refractivity contribution < 1.29 is 4.74 Å². The Morgan fingerprint density at radius 3 is 2.62 bits per heavy atom. The van der Waals surface area contributed by atoms with Crippen LogP contribution >= 0.6 is 0 Å². The summed E-state index contributed by atoms with van der Waals surface area (Å²) in [7, 11) is 0. The SMILES string of the molecule is C=CCOc1ccc(CC#N)cc1. The molecule has 1 rings (SSSR count). The highest BCUT2D eigenvalue weighted by Crippen LogP contribution is 2.12. The summed E-state index contributed by atoms with van der Waals surface area (Å²) < 4.78 is 5.29. The molecule has 1 aromatic carbocycles. The van der Waals surface area contributed by atoms with Crippen LogP contribution in [0.4, 0.5) is 0 Å². The molecular weight excluding hydrogens is 162 g/mol. The molecule has 2 heteroatoms. The third kappa shape index (κ3) is 3.00. The number of rotatable bonds is 4. The lowest BCUT2D eigenvalue weighted by molar-refractivity contribution is 0.363. The van der Waals surface area contributed by atoms with Gasteiger partial charge >= 0.3 is 0 Å². The Morgan fingerprint density at radius 2 is 2.08 bits per heavy atom. The van der Waals surface area contributed by atoms with E-state index in [2.05, 4.69) is 12.6 Å². The van der Waals surface area contributed by atoms with Crippen molar-refractivity contribution in [2.75, 3.05) is 6.61 Å². The first-order chi connectivity index (χ1) is 6.36. The van der Waals surface area contributed by atoms with Crippen molar-refractivity contribution in [3.05, 3.63) is 42.5 Å². The van der Waals surface area contributed by atoms with E-state index in [0.717, 1.165) is 11.3 Å². The van der Waals surface area contributed by atoms with Crippen molar-refractivity contribution in [3.8, 4) is 11.8 Å². The topological polar surface area (TPSA) is 33.0 Å². The van der Waals surface area contributed by atoms with Gasteiger partial charge in [0, 0.05) is 0 Å². The molecule has 0 aromatic heterocycles. The van der Waals surface area contributed by atoms with E-state index in [-0.39, 0.29) is 0 Å². The maximum Gasteiger partial charge on any atom is 0.119 e. The summed E-state index contributed by atoms with van der Waals surface area (Å²) in [5, 5.41) is 8.44. The molecule has 0 unspecified atom stereocenters. The van der Waals surface area contributed by atoms with Crippen LogP contribution in [-0.2, 0) is 6.42 Å². The average Bonchev–Trinajstić information content (AvgIpc) is 2.17. The lowest BCUT2D eigenvalue weighted by Crippen LogP contribution is -1.92. The third-order valence-electron chi connectivity index (χ3n) is 1.57. The molecule has 0 saturated heterocycles. The van der Waals surface area contributed by atoms with Gasteiger partial charge in [-0.1, -0.05) is 24.8 Å². The summed E-state index contributed by atoms with van der Waals surface area (Å²) in [4.78, 5) is 0. The second-order valence-corrected chi connectivity index (χ2v) is 2.58. The van der Waals surface area contributed by atoms with Crippen molar-refractivity contribution in [3.63, 3.8) is 0 Å². The van der Waals surface area contributed by atoms with Gasteiger partial charge in [-0.3, -0.25) is 0 Å². The normalized spacial score (nSPS) is 8.85. The van der Waals surface area contributed by atoms with Crippen LogP contribution in [-0.4, -0.2) is 6.61 Å². The Balaban J connectivity index is 2.59. The fraction of sp³-hybridized carbons (Fsp3) is 0.182. The van der Waals surface area contributed by atoms with Gasteiger partial charge in [0.05, 0.1) is 12.5 Å². The molecule has 2 nitrogen and oxygen atoms in total. The van der Waals surface area contributed by atoms with Crippen molar-refractivity contribution in [1.82, 2.24) is 0 Å². The van der Waals surface area contributed by atoms with Crippen LogP contribution in [0.5, 0.6) is 5.75 Å². The van der Waals surface area contributed by atoms with Crippen LogP contribution in [0, 0.1) is 11.3 Å². The number of nitrogens with zero attached hydrogens (tertiary/aromatic N) is 1. The first kappa shape index (κ1) is 9.34. The predicted octanol–water partition coefficient (Wildman–Crippen LogP) is 2.32. The average molecular weight is 173 g/mol. The number of ether oxygens (including phenoxy) is 1. The van der Waals surface area contributed by atoms with Crippen molar-refractivity contribution in [1.29, 1.82) is 5.26 Å². The van der Waals surface area contributed by atoms with Gasteiger partial charge in [-0.05, 0) is 17.7 Å². The standard InChI is InChI=1S/C11H11NO/c1-2-9-13-11-5-3-10(4-6-11)7-8-12/h2-6H,1,7,9H2. The van der Waals surface area contributed by atoms with E-state index in [0.29, 0.717) is 13.0 Å². The van der Waals surface area contributed by atoms with Gasteiger partial charge in [0.1, 0.15) is 12.4 Å². The molecular formula is C11H11NO. The highest BCUT2D eigenvalue weighted by Gasteiger charge is 1.93. The minimum atomic E-state index is 0.446. The smallest absolute Gasteiger partial charge is 0.119 e. The molecule has 0 saturated carbocycles. The summed E-state index contributed by atoms with van der Waals surface area (Å²) in [5.74, 6) is 0.807. The van der Waals surface area contributed by atoms with Gasteiger partial charge in [0.25, 0.3) is 0 Å². The van der Waals surface area contributed by atoms with Crippen LogP contribution in [0.1, 0.15) is 5.56 Å². The number of hydrogen-bond donors (Lipinski definition) is 0. The van der Waals surface area contributed by atoms with Crippen molar-refractivity contribution in [2.45, 2.75) is 6.42 Å². The molecule has 0 radical (unpaired) electrons. The largest absolute Gasteiger partial charge is 0.490 e. The minimum absolute atomic E-state index is 0.446. The van der Waals surface area contributed by atoms with E-state index >= 15 is 0 Å². The molecule has 0 N–H and O–H groups in total. The van der Waals surface area contributed by atoms with Gasteiger partial charge in [0.2, 0.25) is 0 Å².